The van der Waals surface area contributed by atoms with Crippen molar-refractivity contribution in [2.24, 2.45) is 0 Å². The summed E-state index contributed by atoms with van der Waals surface area (Å²) in [6.07, 6.45) is -3.24. The smallest absolute Gasteiger partial charge is 0.261 e. The minimum absolute atomic E-state index is 0.195. The molecule has 1 heterocycles. The first kappa shape index (κ1) is 44.3. The van der Waals surface area contributed by atoms with Crippen LogP contribution in [0, 0.1) is 0 Å². The van der Waals surface area contributed by atoms with Crippen LogP contribution in [0.25, 0.3) is 0 Å². The van der Waals surface area contributed by atoms with Gasteiger partial charge in [0.1, 0.15) is 24.4 Å². The van der Waals surface area contributed by atoms with Crippen molar-refractivity contribution < 1.29 is 32.8 Å². The van der Waals surface area contributed by atoms with Crippen LogP contribution in [-0.2, 0) is 59.3 Å². The van der Waals surface area contributed by atoms with Gasteiger partial charge in [-0.2, -0.15) is 0 Å². The number of hydrogen-bond donors (Lipinski definition) is 0. The van der Waals surface area contributed by atoms with Crippen molar-refractivity contribution in [3.8, 4) is 0 Å². The van der Waals surface area contributed by atoms with Crippen LogP contribution in [0.3, 0.4) is 0 Å². The minimum atomic E-state index is -2.86. The topological polar surface area (TPSA) is 64.6 Å². The summed E-state index contributed by atoms with van der Waals surface area (Å²) < 4.78 is 48.5. The Kier molecular flexibility index (Phi) is 15.9. The quantitative estimate of drug-likeness (QED) is 0.0711. The van der Waals surface area contributed by atoms with E-state index < -0.39 is 45.1 Å². The maximum absolute atomic E-state index is 7.47. The van der Waals surface area contributed by atoms with E-state index in [2.05, 4.69) is 130 Å². The van der Waals surface area contributed by atoms with E-state index in [9.17, 15) is 0 Å². The van der Waals surface area contributed by atoms with Gasteiger partial charge in [-0.1, -0.05) is 203 Å². The van der Waals surface area contributed by atoms with Crippen LogP contribution in [-0.4, -0.2) is 58.8 Å². The SMILES string of the molecule is CO[C@H]1O[C@H]([C@@H](CCO[Si](c2ccccc2)(c2ccccc2)C(C)(C)C)OCc2ccccc2)[C@@H](OCc2ccccc2)[C@H](OCc2ccccc2)[C@H]1OCc1ccccc1. The molecule has 0 spiro atoms. The highest BCUT2D eigenvalue weighted by atomic mass is 28.4. The highest BCUT2D eigenvalue weighted by Crippen LogP contribution is 2.38. The summed E-state index contributed by atoms with van der Waals surface area (Å²) in [4.78, 5) is 0. The Balaban J connectivity index is 1.26. The molecule has 0 N–H and O–H groups in total. The van der Waals surface area contributed by atoms with Crippen molar-refractivity contribution in [1.82, 2.24) is 0 Å². The fraction of sp³-hybridized carbons (Fsp3) is 0.321. The lowest BCUT2D eigenvalue weighted by Crippen LogP contribution is -2.67. The van der Waals surface area contributed by atoms with Gasteiger partial charge in [-0.15, -0.1) is 0 Å². The Morgan fingerprint density at radius 2 is 0.869 bits per heavy atom. The molecular formula is C53H60O7Si. The van der Waals surface area contributed by atoms with Gasteiger partial charge in [0.25, 0.3) is 8.32 Å². The molecule has 7 nitrogen and oxygen atoms in total. The molecule has 0 radical (unpaired) electrons. The lowest BCUT2D eigenvalue weighted by Gasteiger charge is -2.48. The maximum atomic E-state index is 7.47. The summed E-state index contributed by atoms with van der Waals surface area (Å²) in [5.74, 6) is 0. The third kappa shape index (κ3) is 11.4. The average molecular weight is 837 g/mol. The predicted molar refractivity (Wildman–Crippen MR) is 244 cm³/mol. The third-order valence-corrected chi connectivity index (χ3v) is 16.5. The molecule has 6 aromatic rings. The van der Waals surface area contributed by atoms with Crippen LogP contribution < -0.4 is 10.4 Å². The van der Waals surface area contributed by atoms with Gasteiger partial charge < -0.3 is 32.8 Å². The Morgan fingerprint density at radius 1 is 0.492 bits per heavy atom. The van der Waals surface area contributed by atoms with Gasteiger partial charge >= 0.3 is 0 Å². The number of hydrogen-bond acceptors (Lipinski definition) is 7. The van der Waals surface area contributed by atoms with Crippen LogP contribution in [0.15, 0.2) is 182 Å². The predicted octanol–water partition coefficient (Wildman–Crippen LogP) is 9.67. The molecule has 0 amide bonds. The first-order chi connectivity index (χ1) is 29.9. The monoisotopic (exact) mass is 836 g/mol. The molecule has 8 heteroatoms. The van der Waals surface area contributed by atoms with E-state index in [4.69, 9.17) is 32.8 Å². The van der Waals surface area contributed by atoms with Crippen molar-refractivity contribution >= 4 is 18.7 Å². The van der Waals surface area contributed by atoms with E-state index in [1.54, 1.807) is 7.11 Å². The van der Waals surface area contributed by atoms with Crippen LogP contribution in [0.2, 0.25) is 5.04 Å². The fourth-order valence-corrected chi connectivity index (χ4v) is 13.0. The number of ether oxygens (including phenoxy) is 6. The molecule has 7 rings (SSSR count). The summed E-state index contributed by atoms with van der Waals surface area (Å²) in [6.45, 7) is 8.71. The van der Waals surface area contributed by atoms with Crippen LogP contribution in [0.1, 0.15) is 49.4 Å². The van der Waals surface area contributed by atoms with E-state index >= 15 is 0 Å². The summed E-state index contributed by atoms with van der Waals surface area (Å²) in [6, 6.07) is 62.2. The van der Waals surface area contributed by atoms with Gasteiger partial charge in [0.2, 0.25) is 0 Å². The molecule has 0 aromatic heterocycles. The highest BCUT2D eigenvalue weighted by Gasteiger charge is 2.53. The molecule has 0 aliphatic carbocycles. The summed E-state index contributed by atoms with van der Waals surface area (Å²) in [5, 5.41) is 2.25. The van der Waals surface area contributed by atoms with E-state index in [0.29, 0.717) is 39.5 Å². The van der Waals surface area contributed by atoms with Crippen LogP contribution >= 0.6 is 0 Å². The van der Waals surface area contributed by atoms with Crippen molar-refractivity contribution in [1.29, 1.82) is 0 Å². The van der Waals surface area contributed by atoms with Gasteiger partial charge in [-0.05, 0) is 44.1 Å². The Labute approximate surface area is 363 Å². The second-order valence-electron chi connectivity index (χ2n) is 16.6. The molecule has 0 bridgehead atoms. The number of benzene rings is 6. The maximum Gasteiger partial charge on any atom is 0.261 e. The van der Waals surface area contributed by atoms with Crippen LogP contribution in [0.5, 0.6) is 0 Å². The van der Waals surface area contributed by atoms with Gasteiger partial charge in [-0.25, -0.2) is 0 Å². The highest BCUT2D eigenvalue weighted by molar-refractivity contribution is 6.99. The van der Waals surface area contributed by atoms with Gasteiger partial charge in [0.05, 0.1) is 32.5 Å². The van der Waals surface area contributed by atoms with Crippen molar-refractivity contribution in [2.75, 3.05) is 13.7 Å². The fourth-order valence-electron chi connectivity index (χ4n) is 8.39. The Bertz CT molecular complexity index is 2080. The molecule has 0 saturated carbocycles. The lowest BCUT2D eigenvalue weighted by atomic mass is 9.93. The van der Waals surface area contributed by atoms with Gasteiger partial charge in [0, 0.05) is 13.7 Å². The summed E-state index contributed by atoms with van der Waals surface area (Å²) in [7, 11) is -1.21. The summed E-state index contributed by atoms with van der Waals surface area (Å²) >= 11 is 0. The van der Waals surface area contributed by atoms with E-state index in [-0.39, 0.29) is 5.04 Å². The summed E-state index contributed by atoms with van der Waals surface area (Å²) in [5.41, 5.74) is 4.17. The normalized spacial score (nSPS) is 20.0. The second-order valence-corrected chi connectivity index (χ2v) is 20.9. The molecule has 1 fully saturated rings. The van der Waals surface area contributed by atoms with Crippen molar-refractivity contribution in [2.45, 2.75) is 95.5 Å². The largest absolute Gasteiger partial charge is 0.407 e. The minimum Gasteiger partial charge on any atom is -0.407 e. The molecule has 6 aromatic carbocycles. The van der Waals surface area contributed by atoms with Crippen molar-refractivity contribution in [3.63, 3.8) is 0 Å². The van der Waals surface area contributed by atoms with E-state index in [1.807, 2.05) is 72.8 Å². The zero-order valence-electron chi connectivity index (χ0n) is 35.9. The van der Waals surface area contributed by atoms with Crippen molar-refractivity contribution in [3.05, 3.63) is 204 Å². The average Bonchev–Trinajstić information content (AvgIpc) is 3.31. The first-order valence-corrected chi connectivity index (χ1v) is 23.3. The molecule has 61 heavy (non-hydrogen) atoms. The molecule has 1 aliphatic rings. The molecule has 1 aliphatic heterocycles. The van der Waals surface area contributed by atoms with E-state index in [0.717, 1.165) is 22.3 Å². The number of methoxy groups -OCH3 is 1. The third-order valence-electron chi connectivity index (χ3n) is 11.4. The molecule has 0 unspecified atom stereocenters. The van der Waals surface area contributed by atoms with E-state index in [1.165, 1.54) is 10.4 Å². The first-order valence-electron chi connectivity index (χ1n) is 21.4. The Morgan fingerprint density at radius 3 is 1.28 bits per heavy atom. The molecule has 318 valence electrons. The lowest BCUT2D eigenvalue weighted by molar-refractivity contribution is -0.332. The second kappa shape index (κ2) is 21.9. The van der Waals surface area contributed by atoms with Gasteiger partial charge in [0.15, 0.2) is 6.29 Å². The van der Waals surface area contributed by atoms with Crippen LogP contribution in [0.4, 0.5) is 0 Å². The molecule has 6 atom stereocenters. The van der Waals surface area contributed by atoms with Gasteiger partial charge in [-0.3, -0.25) is 0 Å². The zero-order chi connectivity index (χ0) is 42.3. The standard InChI is InChI=1S/C53H60O7Si/c1-53(2,3)61(45-31-19-9-20-32-45,46-33-21-10-22-34-46)59-36-35-47(55-37-41-23-11-5-12-24-41)48-49(56-38-42-25-13-6-14-26-42)50(57-39-43-27-15-7-16-28-43)51(52(54-4)60-48)58-40-44-29-17-8-18-30-44/h5-34,47-52H,35-40H2,1-4H3/t47-,48-,49-,50+,51-,52+/m1/s1. The zero-order valence-corrected chi connectivity index (χ0v) is 36.9. The number of rotatable bonds is 20. The Hall–Kier alpha value is -4.74. The molecular weight excluding hydrogens is 777 g/mol. The molecule has 1 saturated heterocycles.